The van der Waals surface area contributed by atoms with Gasteiger partial charge in [-0.2, -0.15) is 0 Å². The zero-order chi connectivity index (χ0) is 11.3. The summed E-state index contributed by atoms with van der Waals surface area (Å²) in [6, 6.07) is 7.68. The van der Waals surface area contributed by atoms with Crippen LogP contribution in [0.25, 0.3) is 0 Å². The minimum absolute atomic E-state index is 0.0324. The van der Waals surface area contributed by atoms with Gasteiger partial charge in [-0.15, -0.1) is 0 Å². The molecule has 82 valence electrons. The topological polar surface area (TPSA) is 26.3 Å². The summed E-state index contributed by atoms with van der Waals surface area (Å²) in [4.78, 5) is 11.9. The van der Waals surface area contributed by atoms with Crippen LogP contribution < -0.4 is 0 Å². The molecule has 0 aliphatic rings. The lowest BCUT2D eigenvalue weighted by atomic mass is 9.97. The van der Waals surface area contributed by atoms with E-state index < -0.39 is 0 Å². The number of ether oxygens (including phenoxy) is 1. The molecule has 1 atom stereocenters. The second-order valence-corrected chi connectivity index (χ2v) is 4.80. The van der Waals surface area contributed by atoms with Crippen LogP contribution in [0.5, 0.6) is 0 Å². The molecular formula is C12H15IO2. The van der Waals surface area contributed by atoms with Crippen LogP contribution in [0.4, 0.5) is 0 Å². The van der Waals surface area contributed by atoms with Crippen molar-refractivity contribution in [1.29, 1.82) is 0 Å². The van der Waals surface area contributed by atoms with Crippen LogP contribution in [0.15, 0.2) is 24.3 Å². The van der Waals surface area contributed by atoms with E-state index in [4.69, 9.17) is 4.74 Å². The first kappa shape index (κ1) is 12.6. The van der Waals surface area contributed by atoms with Gasteiger partial charge in [0.2, 0.25) is 0 Å². The maximum Gasteiger partial charge on any atom is 0.165 e. The lowest BCUT2D eigenvalue weighted by Gasteiger charge is -2.09. The van der Waals surface area contributed by atoms with Crippen LogP contribution in [-0.4, -0.2) is 19.5 Å². The molecule has 1 aromatic rings. The first-order valence-electron chi connectivity index (χ1n) is 4.94. The molecule has 0 aromatic heterocycles. The van der Waals surface area contributed by atoms with Gasteiger partial charge in [0.1, 0.15) is 0 Å². The van der Waals surface area contributed by atoms with E-state index >= 15 is 0 Å². The first-order valence-corrected chi connectivity index (χ1v) is 6.01. The third kappa shape index (κ3) is 3.91. The van der Waals surface area contributed by atoms with Gasteiger partial charge in [-0.05, 0) is 41.1 Å². The zero-order valence-electron chi connectivity index (χ0n) is 9.00. The van der Waals surface area contributed by atoms with Crippen LogP contribution in [0.2, 0.25) is 0 Å². The smallest absolute Gasteiger partial charge is 0.165 e. The van der Waals surface area contributed by atoms with Crippen molar-refractivity contribution in [1.82, 2.24) is 0 Å². The predicted molar refractivity (Wildman–Crippen MR) is 69.1 cm³/mol. The van der Waals surface area contributed by atoms with Gasteiger partial charge >= 0.3 is 0 Å². The van der Waals surface area contributed by atoms with Gasteiger partial charge in [-0.1, -0.05) is 19.1 Å². The number of Topliss-reactive ketones (excluding diaryl/α,β-unsaturated/α-hetero) is 1. The van der Waals surface area contributed by atoms with Gasteiger partial charge in [0.25, 0.3) is 0 Å². The van der Waals surface area contributed by atoms with Gasteiger partial charge in [0, 0.05) is 28.8 Å². The summed E-state index contributed by atoms with van der Waals surface area (Å²) in [5.74, 6) is 0.230. The third-order valence-electron chi connectivity index (χ3n) is 2.33. The van der Waals surface area contributed by atoms with E-state index in [1.165, 1.54) is 0 Å². The lowest BCUT2D eigenvalue weighted by molar-refractivity contribution is 0.0893. The Labute approximate surface area is 104 Å². The summed E-state index contributed by atoms with van der Waals surface area (Å²) in [5, 5.41) is 0. The highest BCUT2D eigenvalue weighted by Gasteiger charge is 2.14. The molecule has 3 heteroatoms. The van der Waals surface area contributed by atoms with Gasteiger partial charge < -0.3 is 4.74 Å². The molecule has 0 amide bonds. The van der Waals surface area contributed by atoms with Crippen LogP contribution in [-0.2, 0) is 4.74 Å². The molecule has 1 rings (SSSR count). The minimum Gasteiger partial charge on any atom is -0.385 e. The van der Waals surface area contributed by atoms with E-state index in [-0.39, 0.29) is 11.7 Å². The summed E-state index contributed by atoms with van der Waals surface area (Å²) in [7, 11) is 1.65. The Morgan fingerprint density at radius 1 is 1.40 bits per heavy atom. The van der Waals surface area contributed by atoms with E-state index in [9.17, 15) is 4.79 Å². The molecule has 0 fully saturated rings. The Morgan fingerprint density at radius 3 is 2.53 bits per heavy atom. The number of hydrogen-bond donors (Lipinski definition) is 0. The SMILES string of the molecule is COCCC(C)C(=O)c1ccc(I)cc1. The number of hydrogen-bond acceptors (Lipinski definition) is 2. The Kier molecular flexibility index (Phi) is 5.25. The maximum atomic E-state index is 11.9. The number of carbonyl (C=O) groups excluding carboxylic acids is 1. The number of methoxy groups -OCH3 is 1. The standard InChI is InChI=1S/C12H15IO2/c1-9(7-8-15-2)12(14)10-3-5-11(13)6-4-10/h3-6,9H,7-8H2,1-2H3. The first-order chi connectivity index (χ1) is 7.15. The van der Waals surface area contributed by atoms with Gasteiger partial charge in [-0.25, -0.2) is 0 Å². The summed E-state index contributed by atoms with van der Waals surface area (Å²) in [6.07, 6.45) is 0.779. The molecular weight excluding hydrogens is 303 g/mol. The summed E-state index contributed by atoms with van der Waals surface area (Å²) in [6.45, 7) is 2.58. The van der Waals surface area contributed by atoms with Gasteiger partial charge in [-0.3, -0.25) is 4.79 Å². The molecule has 1 aromatic carbocycles. The van der Waals surface area contributed by atoms with E-state index in [0.717, 1.165) is 15.6 Å². The number of benzene rings is 1. The van der Waals surface area contributed by atoms with E-state index in [2.05, 4.69) is 22.6 Å². The molecule has 0 aliphatic heterocycles. The monoisotopic (exact) mass is 318 g/mol. The normalized spacial score (nSPS) is 12.5. The fourth-order valence-corrected chi connectivity index (χ4v) is 1.68. The Balaban J connectivity index is 2.63. The van der Waals surface area contributed by atoms with Crippen LogP contribution in [0.3, 0.4) is 0 Å². The Morgan fingerprint density at radius 2 is 2.00 bits per heavy atom. The van der Waals surface area contributed by atoms with E-state index in [0.29, 0.717) is 6.61 Å². The summed E-state index contributed by atoms with van der Waals surface area (Å²) < 4.78 is 6.11. The van der Waals surface area contributed by atoms with Gasteiger partial charge in [0.05, 0.1) is 0 Å². The number of carbonyl (C=O) groups is 1. The predicted octanol–water partition coefficient (Wildman–Crippen LogP) is 3.15. The van der Waals surface area contributed by atoms with Crippen molar-refractivity contribution in [3.63, 3.8) is 0 Å². The molecule has 15 heavy (non-hydrogen) atoms. The highest BCUT2D eigenvalue weighted by molar-refractivity contribution is 14.1. The van der Waals surface area contributed by atoms with Crippen molar-refractivity contribution in [3.05, 3.63) is 33.4 Å². The van der Waals surface area contributed by atoms with E-state index in [1.54, 1.807) is 7.11 Å². The number of halogens is 1. The fraction of sp³-hybridized carbons (Fsp3) is 0.417. The molecule has 0 heterocycles. The zero-order valence-corrected chi connectivity index (χ0v) is 11.2. The van der Waals surface area contributed by atoms with Crippen molar-refractivity contribution in [2.45, 2.75) is 13.3 Å². The van der Waals surface area contributed by atoms with Crippen LogP contribution >= 0.6 is 22.6 Å². The number of ketones is 1. The maximum absolute atomic E-state index is 11.9. The van der Waals surface area contributed by atoms with Crippen molar-refractivity contribution >= 4 is 28.4 Å². The molecule has 0 radical (unpaired) electrons. The Hall–Kier alpha value is -0.420. The van der Waals surface area contributed by atoms with Crippen molar-refractivity contribution in [2.75, 3.05) is 13.7 Å². The average molecular weight is 318 g/mol. The van der Waals surface area contributed by atoms with Crippen LogP contribution in [0.1, 0.15) is 23.7 Å². The molecule has 0 aliphatic carbocycles. The molecule has 0 bridgehead atoms. The van der Waals surface area contributed by atoms with E-state index in [1.807, 2.05) is 31.2 Å². The quantitative estimate of drug-likeness (QED) is 0.616. The summed E-state index contributed by atoms with van der Waals surface area (Å²) >= 11 is 2.23. The highest BCUT2D eigenvalue weighted by Crippen LogP contribution is 2.14. The fourth-order valence-electron chi connectivity index (χ4n) is 1.32. The minimum atomic E-state index is 0.0324. The van der Waals surface area contributed by atoms with Crippen LogP contribution in [0, 0.1) is 9.49 Å². The lowest BCUT2D eigenvalue weighted by Crippen LogP contribution is -2.13. The second kappa shape index (κ2) is 6.23. The van der Waals surface area contributed by atoms with Gasteiger partial charge in [0.15, 0.2) is 5.78 Å². The molecule has 1 unspecified atom stereocenters. The molecule has 0 N–H and O–H groups in total. The molecule has 0 saturated carbocycles. The van der Waals surface area contributed by atoms with Crippen molar-refractivity contribution in [3.8, 4) is 0 Å². The largest absolute Gasteiger partial charge is 0.385 e. The third-order valence-corrected chi connectivity index (χ3v) is 3.05. The second-order valence-electron chi connectivity index (χ2n) is 3.55. The molecule has 0 spiro atoms. The average Bonchev–Trinajstić information content (AvgIpc) is 2.26. The highest BCUT2D eigenvalue weighted by atomic mass is 127. The van der Waals surface area contributed by atoms with Crippen molar-refractivity contribution < 1.29 is 9.53 Å². The summed E-state index contributed by atoms with van der Waals surface area (Å²) in [5.41, 5.74) is 0.791. The van der Waals surface area contributed by atoms with Crippen molar-refractivity contribution in [2.24, 2.45) is 5.92 Å². The molecule has 2 nitrogen and oxygen atoms in total. The Bertz CT molecular complexity index is 319. The number of rotatable bonds is 5. The molecule has 0 saturated heterocycles.